The van der Waals surface area contributed by atoms with Crippen molar-refractivity contribution in [1.82, 2.24) is 5.32 Å². The van der Waals surface area contributed by atoms with Crippen molar-refractivity contribution in [1.29, 1.82) is 0 Å². The van der Waals surface area contributed by atoms with Gasteiger partial charge in [0.1, 0.15) is 0 Å². The van der Waals surface area contributed by atoms with Gasteiger partial charge in [-0.3, -0.25) is 0 Å². The second kappa shape index (κ2) is 3.21. The lowest BCUT2D eigenvalue weighted by molar-refractivity contribution is -0.160. The highest BCUT2D eigenvalue weighted by Crippen LogP contribution is 2.32. The molecule has 0 amide bonds. The molecule has 0 aromatic carbocycles. The second-order valence-electron chi connectivity index (χ2n) is 2.66. The van der Waals surface area contributed by atoms with E-state index in [4.69, 9.17) is 0 Å². The van der Waals surface area contributed by atoms with Crippen LogP contribution in [-0.4, -0.2) is 13.2 Å². The van der Waals surface area contributed by atoms with Crippen LogP contribution in [0.2, 0.25) is 0 Å². The van der Waals surface area contributed by atoms with Crippen molar-refractivity contribution in [2.24, 2.45) is 5.92 Å². The normalized spacial score (nSPS) is 23.7. The van der Waals surface area contributed by atoms with Gasteiger partial charge in [-0.15, -0.1) is 0 Å². The molecule has 68 valence electrons. The maximum atomic E-state index is 12.1. The molecule has 1 aliphatic carbocycles. The molecule has 1 atom stereocenters. The molecular formula is C8H10F3N. The van der Waals surface area contributed by atoms with Gasteiger partial charge in [-0.05, 0) is 18.6 Å². The highest BCUT2D eigenvalue weighted by molar-refractivity contribution is 5.22. The summed E-state index contributed by atoms with van der Waals surface area (Å²) in [7, 11) is 1.61. The Kier molecular flexibility index (Phi) is 2.45. The maximum Gasteiger partial charge on any atom is 0.395 e. The molecule has 0 spiro atoms. The summed E-state index contributed by atoms with van der Waals surface area (Å²) in [4.78, 5) is 0. The van der Waals surface area contributed by atoms with Crippen LogP contribution < -0.4 is 5.32 Å². The van der Waals surface area contributed by atoms with Gasteiger partial charge in [-0.1, -0.05) is 6.08 Å². The highest BCUT2D eigenvalue weighted by Gasteiger charge is 2.37. The number of likely N-dealkylation sites (N-methyl/N-ethyl adjacent to an activating group) is 1. The smallest absolute Gasteiger partial charge is 0.388 e. The summed E-state index contributed by atoms with van der Waals surface area (Å²) >= 11 is 0. The Balaban J connectivity index is 2.72. The molecule has 0 saturated heterocycles. The Labute approximate surface area is 69.0 Å². The number of halogens is 3. The van der Waals surface area contributed by atoms with Crippen LogP contribution in [-0.2, 0) is 0 Å². The zero-order chi connectivity index (χ0) is 9.19. The minimum absolute atomic E-state index is 0.0503. The molecule has 0 saturated carbocycles. The zero-order valence-electron chi connectivity index (χ0n) is 6.65. The van der Waals surface area contributed by atoms with E-state index >= 15 is 0 Å². The first-order chi connectivity index (χ1) is 5.54. The van der Waals surface area contributed by atoms with Crippen molar-refractivity contribution in [3.8, 4) is 0 Å². The fourth-order valence-corrected chi connectivity index (χ4v) is 1.08. The van der Waals surface area contributed by atoms with E-state index in [-0.39, 0.29) is 6.42 Å². The van der Waals surface area contributed by atoms with E-state index in [0.717, 1.165) is 0 Å². The van der Waals surface area contributed by atoms with Gasteiger partial charge in [0.2, 0.25) is 0 Å². The standard InChI is InChI=1S/C8H10F3N/c1-12-7-4-2-3-6(5-7)8(9,10)11/h2,4-6,12H,3H2,1H3. The quantitative estimate of drug-likeness (QED) is 0.647. The summed E-state index contributed by atoms with van der Waals surface area (Å²) in [5.41, 5.74) is 0.531. The van der Waals surface area contributed by atoms with E-state index in [1.54, 1.807) is 13.1 Å². The third-order valence-corrected chi connectivity index (χ3v) is 1.78. The largest absolute Gasteiger partial charge is 0.395 e. The molecular weight excluding hydrogens is 167 g/mol. The third kappa shape index (κ3) is 2.03. The minimum atomic E-state index is -4.12. The van der Waals surface area contributed by atoms with Crippen LogP contribution in [0.15, 0.2) is 23.9 Å². The summed E-state index contributed by atoms with van der Waals surface area (Å²) in [5, 5.41) is 2.68. The predicted molar refractivity (Wildman–Crippen MR) is 40.4 cm³/mol. The lowest BCUT2D eigenvalue weighted by Crippen LogP contribution is -2.23. The summed E-state index contributed by atoms with van der Waals surface area (Å²) < 4.78 is 36.4. The molecule has 1 nitrogen and oxygen atoms in total. The topological polar surface area (TPSA) is 12.0 Å². The fourth-order valence-electron chi connectivity index (χ4n) is 1.08. The lowest BCUT2D eigenvalue weighted by Gasteiger charge is -2.19. The van der Waals surface area contributed by atoms with E-state index in [9.17, 15) is 13.2 Å². The molecule has 0 fully saturated rings. The van der Waals surface area contributed by atoms with Crippen LogP contribution in [0.3, 0.4) is 0 Å². The van der Waals surface area contributed by atoms with Crippen LogP contribution in [0.5, 0.6) is 0 Å². The first-order valence-electron chi connectivity index (χ1n) is 3.67. The number of hydrogen-bond acceptors (Lipinski definition) is 1. The summed E-state index contributed by atoms with van der Waals surface area (Å²) in [6.45, 7) is 0. The fraction of sp³-hybridized carbons (Fsp3) is 0.500. The molecule has 1 rings (SSSR count). The molecule has 0 heterocycles. The van der Waals surface area contributed by atoms with Gasteiger partial charge >= 0.3 is 6.18 Å². The first kappa shape index (κ1) is 9.16. The van der Waals surface area contributed by atoms with Crippen molar-refractivity contribution < 1.29 is 13.2 Å². The Bertz CT molecular complexity index is 215. The van der Waals surface area contributed by atoms with Crippen molar-refractivity contribution in [3.05, 3.63) is 23.9 Å². The Morgan fingerprint density at radius 3 is 2.67 bits per heavy atom. The summed E-state index contributed by atoms with van der Waals surface area (Å²) in [6, 6.07) is 0. The van der Waals surface area contributed by atoms with Gasteiger partial charge in [0.05, 0.1) is 5.92 Å². The molecule has 0 radical (unpaired) electrons. The first-order valence-corrected chi connectivity index (χ1v) is 3.67. The molecule has 0 aliphatic heterocycles. The molecule has 4 heteroatoms. The summed E-state index contributed by atoms with van der Waals surface area (Å²) in [6.07, 6.45) is 0.327. The van der Waals surface area contributed by atoms with Crippen LogP contribution in [0, 0.1) is 5.92 Å². The van der Waals surface area contributed by atoms with Crippen molar-refractivity contribution >= 4 is 0 Å². The molecule has 12 heavy (non-hydrogen) atoms. The van der Waals surface area contributed by atoms with Crippen molar-refractivity contribution in [2.45, 2.75) is 12.6 Å². The Hall–Kier alpha value is -0.930. The van der Waals surface area contributed by atoms with Gasteiger partial charge in [0.25, 0.3) is 0 Å². The van der Waals surface area contributed by atoms with Gasteiger partial charge in [-0.2, -0.15) is 13.2 Å². The number of allylic oxidation sites excluding steroid dienone is 3. The maximum absolute atomic E-state index is 12.1. The number of rotatable bonds is 1. The molecule has 1 unspecified atom stereocenters. The van der Waals surface area contributed by atoms with Gasteiger partial charge < -0.3 is 5.32 Å². The molecule has 0 bridgehead atoms. The molecule has 0 aromatic heterocycles. The Morgan fingerprint density at radius 1 is 1.50 bits per heavy atom. The molecule has 1 aliphatic rings. The average molecular weight is 177 g/mol. The van der Waals surface area contributed by atoms with E-state index in [1.807, 2.05) is 0 Å². The Morgan fingerprint density at radius 2 is 2.17 bits per heavy atom. The van der Waals surface area contributed by atoms with Gasteiger partial charge in [-0.25, -0.2) is 0 Å². The van der Waals surface area contributed by atoms with Crippen LogP contribution in [0.25, 0.3) is 0 Å². The number of nitrogens with one attached hydrogen (secondary N) is 1. The van der Waals surface area contributed by atoms with Crippen LogP contribution in [0.4, 0.5) is 13.2 Å². The molecule has 0 aromatic rings. The van der Waals surface area contributed by atoms with Gasteiger partial charge in [0, 0.05) is 12.7 Å². The number of alkyl halides is 3. The van der Waals surface area contributed by atoms with E-state index in [2.05, 4.69) is 5.32 Å². The van der Waals surface area contributed by atoms with E-state index in [0.29, 0.717) is 5.70 Å². The monoisotopic (exact) mass is 177 g/mol. The SMILES string of the molecule is CNC1=CC(C(F)(F)F)CC=C1. The highest BCUT2D eigenvalue weighted by atomic mass is 19.4. The van der Waals surface area contributed by atoms with Crippen molar-refractivity contribution in [2.75, 3.05) is 7.05 Å². The van der Waals surface area contributed by atoms with Crippen LogP contribution >= 0.6 is 0 Å². The van der Waals surface area contributed by atoms with E-state index < -0.39 is 12.1 Å². The van der Waals surface area contributed by atoms with Crippen LogP contribution in [0.1, 0.15) is 6.42 Å². The third-order valence-electron chi connectivity index (χ3n) is 1.78. The van der Waals surface area contributed by atoms with Gasteiger partial charge in [0.15, 0.2) is 0 Å². The molecule has 1 N–H and O–H groups in total. The lowest BCUT2D eigenvalue weighted by atomic mass is 9.99. The second-order valence-corrected chi connectivity index (χ2v) is 2.66. The summed E-state index contributed by atoms with van der Waals surface area (Å²) in [5.74, 6) is -1.33. The zero-order valence-corrected chi connectivity index (χ0v) is 6.65. The van der Waals surface area contributed by atoms with E-state index in [1.165, 1.54) is 12.2 Å². The predicted octanol–water partition coefficient (Wildman–Crippen LogP) is 2.23. The average Bonchev–Trinajstić information content (AvgIpc) is 2.03. The van der Waals surface area contributed by atoms with Crippen molar-refractivity contribution in [3.63, 3.8) is 0 Å². The number of hydrogen-bond donors (Lipinski definition) is 1. The minimum Gasteiger partial charge on any atom is -0.388 e.